The van der Waals surface area contributed by atoms with Gasteiger partial charge in [-0.25, -0.2) is 13.6 Å². The van der Waals surface area contributed by atoms with Crippen molar-refractivity contribution < 1.29 is 13.2 Å². The first-order chi connectivity index (χ1) is 18.1. The van der Waals surface area contributed by atoms with Gasteiger partial charge in [0.25, 0.3) is 5.91 Å². The van der Waals surface area contributed by atoms with Crippen LogP contribution in [0.2, 0.25) is 0 Å². The van der Waals surface area contributed by atoms with Crippen LogP contribution in [0.5, 0.6) is 0 Å². The zero-order valence-electron chi connectivity index (χ0n) is 21.4. The Bertz CT molecular complexity index is 1610. The predicted octanol–water partition coefficient (Wildman–Crippen LogP) is 6.03. The maximum Gasteiger partial charge on any atom is 0.255 e. The van der Waals surface area contributed by atoms with Crippen molar-refractivity contribution in [3.63, 3.8) is 0 Å². The minimum Gasteiger partial charge on any atom is -0.399 e. The number of rotatable bonds is 8. The highest BCUT2D eigenvalue weighted by atomic mass is 32.2. The summed E-state index contributed by atoms with van der Waals surface area (Å²) in [6.07, 6.45) is 0.824. The van der Waals surface area contributed by atoms with Crippen molar-refractivity contribution >= 4 is 27.3 Å². The highest BCUT2D eigenvalue weighted by Crippen LogP contribution is 2.35. The number of nitrogens with one attached hydrogen (secondary N) is 1. The van der Waals surface area contributed by atoms with Crippen LogP contribution in [0.15, 0.2) is 102 Å². The molecule has 7 heteroatoms. The van der Waals surface area contributed by atoms with E-state index >= 15 is 0 Å². The molecule has 0 saturated heterocycles. The van der Waals surface area contributed by atoms with Crippen LogP contribution in [0, 0.1) is 6.92 Å². The Labute approximate surface area is 224 Å². The topological polar surface area (TPSA) is 115 Å². The molecule has 0 aromatic heterocycles. The van der Waals surface area contributed by atoms with Gasteiger partial charge in [0.1, 0.15) is 0 Å². The monoisotopic (exact) mass is 525 g/mol. The van der Waals surface area contributed by atoms with Crippen LogP contribution in [-0.2, 0) is 10.0 Å². The standard InChI is InChI=1S/C31H31N3O3S/c1-4-26(25-9-7-8-24(19-25)21(3)32)28-18-20(2)12-17-29(28)34-31(35)23-15-13-22(14-16-23)27-10-5-6-11-30(27)38(33,36)37/h5-19,26H,3-4,32H2,1-2H3,(H,34,35)(H2,33,36,37). The largest absolute Gasteiger partial charge is 0.399 e. The van der Waals surface area contributed by atoms with Gasteiger partial charge in [-0.3, -0.25) is 4.79 Å². The third kappa shape index (κ3) is 5.85. The van der Waals surface area contributed by atoms with E-state index in [1.807, 2.05) is 37.3 Å². The Morgan fingerprint density at radius 1 is 0.921 bits per heavy atom. The summed E-state index contributed by atoms with van der Waals surface area (Å²) in [6.45, 7) is 7.99. The first-order valence-corrected chi connectivity index (χ1v) is 13.8. The second-order valence-corrected chi connectivity index (χ2v) is 10.8. The van der Waals surface area contributed by atoms with E-state index < -0.39 is 10.0 Å². The summed E-state index contributed by atoms with van der Waals surface area (Å²) >= 11 is 0. The molecule has 0 spiro atoms. The van der Waals surface area contributed by atoms with Crippen LogP contribution in [0.3, 0.4) is 0 Å². The molecule has 4 aromatic rings. The van der Waals surface area contributed by atoms with E-state index in [1.54, 1.807) is 42.5 Å². The van der Waals surface area contributed by atoms with Crippen molar-refractivity contribution in [3.8, 4) is 11.1 Å². The SMILES string of the molecule is C=C(N)c1cccc(C(CC)c2cc(C)ccc2NC(=O)c2ccc(-c3ccccc3S(N)(=O)=O)cc2)c1. The second kappa shape index (κ2) is 11.0. The summed E-state index contributed by atoms with van der Waals surface area (Å²) in [6, 6.07) is 27.3. The number of anilines is 1. The fourth-order valence-corrected chi connectivity index (χ4v) is 5.38. The Morgan fingerprint density at radius 2 is 1.63 bits per heavy atom. The van der Waals surface area contributed by atoms with Crippen LogP contribution in [-0.4, -0.2) is 14.3 Å². The summed E-state index contributed by atoms with van der Waals surface area (Å²) < 4.78 is 24.0. The van der Waals surface area contributed by atoms with Crippen LogP contribution in [0.25, 0.3) is 16.8 Å². The zero-order chi connectivity index (χ0) is 27.4. The summed E-state index contributed by atoms with van der Waals surface area (Å²) in [4.78, 5) is 13.3. The molecule has 0 fully saturated rings. The highest BCUT2D eigenvalue weighted by Gasteiger charge is 2.19. The van der Waals surface area contributed by atoms with Crippen molar-refractivity contribution in [1.29, 1.82) is 0 Å². The number of amides is 1. The lowest BCUT2D eigenvalue weighted by molar-refractivity contribution is 0.102. The maximum atomic E-state index is 13.3. The van der Waals surface area contributed by atoms with Crippen molar-refractivity contribution in [2.45, 2.75) is 31.1 Å². The number of sulfonamides is 1. The van der Waals surface area contributed by atoms with Gasteiger partial charge in [0.05, 0.1) is 4.90 Å². The molecule has 194 valence electrons. The quantitative estimate of drug-likeness (QED) is 0.260. The van der Waals surface area contributed by atoms with Crippen LogP contribution < -0.4 is 16.2 Å². The zero-order valence-corrected chi connectivity index (χ0v) is 22.3. The fourth-order valence-electron chi connectivity index (χ4n) is 4.62. The average Bonchev–Trinajstić information content (AvgIpc) is 2.90. The summed E-state index contributed by atoms with van der Waals surface area (Å²) in [5.41, 5.74) is 12.8. The highest BCUT2D eigenvalue weighted by molar-refractivity contribution is 7.89. The van der Waals surface area contributed by atoms with E-state index in [-0.39, 0.29) is 16.7 Å². The average molecular weight is 526 g/mol. The number of hydrogen-bond donors (Lipinski definition) is 3. The fraction of sp³-hybridized carbons (Fsp3) is 0.129. The number of carbonyl (C=O) groups excluding carboxylic acids is 1. The molecule has 0 heterocycles. The van der Waals surface area contributed by atoms with Crippen molar-refractivity contribution in [1.82, 2.24) is 0 Å². The minimum absolute atomic E-state index is 0.0365. The molecule has 1 atom stereocenters. The molecular formula is C31H31N3O3S. The predicted molar refractivity (Wildman–Crippen MR) is 154 cm³/mol. The summed E-state index contributed by atoms with van der Waals surface area (Å²) in [7, 11) is -3.89. The van der Waals surface area contributed by atoms with Gasteiger partial charge in [0.15, 0.2) is 0 Å². The molecule has 0 aliphatic carbocycles. The lowest BCUT2D eigenvalue weighted by atomic mass is 9.86. The molecular weight excluding hydrogens is 494 g/mol. The van der Waals surface area contributed by atoms with E-state index in [4.69, 9.17) is 10.9 Å². The van der Waals surface area contributed by atoms with Gasteiger partial charge in [-0.15, -0.1) is 0 Å². The molecule has 6 nitrogen and oxygen atoms in total. The second-order valence-electron chi connectivity index (χ2n) is 9.27. The molecule has 0 bridgehead atoms. The van der Waals surface area contributed by atoms with Gasteiger partial charge in [-0.05, 0) is 65.9 Å². The van der Waals surface area contributed by atoms with Crippen molar-refractivity contribution in [2.24, 2.45) is 10.9 Å². The Morgan fingerprint density at radius 3 is 2.29 bits per heavy atom. The van der Waals surface area contributed by atoms with Crippen molar-refractivity contribution in [3.05, 3.63) is 125 Å². The Hall–Kier alpha value is -4.20. The number of primary sulfonamides is 1. The van der Waals surface area contributed by atoms with Gasteiger partial charge in [0.2, 0.25) is 10.0 Å². The molecule has 4 rings (SSSR count). The molecule has 0 saturated carbocycles. The van der Waals surface area contributed by atoms with Gasteiger partial charge in [-0.1, -0.05) is 79.7 Å². The van der Waals surface area contributed by atoms with Crippen LogP contribution in [0.1, 0.15) is 51.9 Å². The third-order valence-corrected chi connectivity index (χ3v) is 7.52. The smallest absolute Gasteiger partial charge is 0.255 e. The lowest BCUT2D eigenvalue weighted by Gasteiger charge is -2.21. The van der Waals surface area contributed by atoms with E-state index in [0.717, 1.165) is 34.4 Å². The van der Waals surface area contributed by atoms with Crippen molar-refractivity contribution in [2.75, 3.05) is 5.32 Å². The molecule has 0 aliphatic heterocycles. The normalized spacial score (nSPS) is 12.1. The number of carbonyl (C=O) groups is 1. The van der Waals surface area contributed by atoms with Gasteiger partial charge in [0, 0.05) is 28.4 Å². The van der Waals surface area contributed by atoms with Crippen LogP contribution >= 0.6 is 0 Å². The molecule has 4 aromatic carbocycles. The molecule has 0 radical (unpaired) electrons. The lowest BCUT2D eigenvalue weighted by Crippen LogP contribution is -2.15. The summed E-state index contributed by atoms with van der Waals surface area (Å²) in [5, 5.41) is 8.46. The minimum atomic E-state index is -3.89. The van der Waals surface area contributed by atoms with Gasteiger partial charge >= 0.3 is 0 Å². The third-order valence-electron chi connectivity index (χ3n) is 6.55. The summed E-state index contributed by atoms with van der Waals surface area (Å²) in [5.74, 6) is -0.220. The molecule has 5 N–H and O–H groups in total. The first kappa shape index (κ1) is 26.9. The maximum absolute atomic E-state index is 13.3. The van der Waals surface area contributed by atoms with E-state index in [9.17, 15) is 13.2 Å². The Kier molecular flexibility index (Phi) is 7.80. The number of benzene rings is 4. The van der Waals surface area contributed by atoms with E-state index in [0.29, 0.717) is 22.4 Å². The molecule has 0 aliphatic rings. The molecule has 1 amide bonds. The number of aryl methyl sites for hydroxylation is 1. The molecule has 38 heavy (non-hydrogen) atoms. The Balaban J connectivity index is 1.64. The number of nitrogens with two attached hydrogens (primary N) is 2. The molecule has 1 unspecified atom stereocenters. The first-order valence-electron chi connectivity index (χ1n) is 12.3. The van der Waals surface area contributed by atoms with Gasteiger partial charge < -0.3 is 11.1 Å². The number of hydrogen-bond acceptors (Lipinski definition) is 4. The van der Waals surface area contributed by atoms with E-state index in [2.05, 4.69) is 31.0 Å². The van der Waals surface area contributed by atoms with E-state index in [1.165, 1.54) is 6.07 Å². The van der Waals surface area contributed by atoms with Crippen LogP contribution in [0.4, 0.5) is 5.69 Å². The van der Waals surface area contributed by atoms with Gasteiger partial charge in [-0.2, -0.15) is 0 Å².